The maximum absolute atomic E-state index is 1.94. The Morgan fingerprint density at radius 2 is 1.12 bits per heavy atom. The zero-order chi connectivity index (χ0) is 4.88. The molecule has 4 unspecified atom stereocenters. The fourth-order valence-electron chi connectivity index (χ4n) is 3.47. The Morgan fingerprint density at radius 3 is 1.25 bits per heavy atom. The topological polar surface area (TPSA) is 0 Å². The van der Waals surface area contributed by atoms with E-state index in [1.165, 1.54) is 0 Å². The molecule has 0 bridgehead atoms. The molecular weight excluding hydrogens is 96.1 g/mol. The fraction of sp³-hybridized carbons (Fsp3) is 0.750. The Kier molecular flexibility index (Phi) is 0.217. The summed E-state index contributed by atoms with van der Waals surface area (Å²) in [6.07, 6.45) is 3.18. The summed E-state index contributed by atoms with van der Waals surface area (Å²) < 4.78 is 0. The Bertz CT molecular complexity index is 180. The number of rotatable bonds is 0. The second-order valence-electron chi connectivity index (χ2n) is 3.81. The SMILES string of the molecule is C1C2C3=C4C2CC4C13. The zero-order valence-corrected chi connectivity index (χ0v) is 4.72. The van der Waals surface area contributed by atoms with Crippen molar-refractivity contribution >= 4 is 0 Å². The second kappa shape index (κ2) is 0.570. The monoisotopic (exact) mass is 104 g/mol. The van der Waals surface area contributed by atoms with Gasteiger partial charge < -0.3 is 0 Å². The summed E-state index contributed by atoms with van der Waals surface area (Å²) in [4.78, 5) is 0. The van der Waals surface area contributed by atoms with Crippen LogP contribution in [0.1, 0.15) is 12.8 Å². The minimum Gasteiger partial charge on any atom is -0.0630 e. The van der Waals surface area contributed by atoms with Crippen LogP contribution < -0.4 is 0 Å². The summed E-state index contributed by atoms with van der Waals surface area (Å²) in [6.45, 7) is 0. The lowest BCUT2D eigenvalue weighted by Crippen LogP contribution is -2.66. The van der Waals surface area contributed by atoms with Crippen LogP contribution >= 0.6 is 0 Å². The van der Waals surface area contributed by atoms with Crippen LogP contribution in [0.4, 0.5) is 0 Å². The Labute approximate surface area is 48.6 Å². The van der Waals surface area contributed by atoms with Crippen molar-refractivity contribution in [2.45, 2.75) is 12.8 Å². The molecule has 0 amide bonds. The van der Waals surface area contributed by atoms with Crippen molar-refractivity contribution in [3.8, 4) is 0 Å². The van der Waals surface area contributed by atoms with Gasteiger partial charge in [0, 0.05) is 0 Å². The summed E-state index contributed by atoms with van der Waals surface area (Å²) >= 11 is 0. The molecule has 4 atom stereocenters. The van der Waals surface area contributed by atoms with Gasteiger partial charge in [-0.15, -0.1) is 0 Å². The normalized spacial score (nSPS) is 69.0. The lowest BCUT2D eigenvalue weighted by Gasteiger charge is -2.75. The first-order valence-electron chi connectivity index (χ1n) is 3.70. The van der Waals surface area contributed by atoms with Crippen molar-refractivity contribution in [2.75, 3.05) is 0 Å². The number of hydrogen-bond acceptors (Lipinski definition) is 0. The standard InChI is InChI=1S/C8H8/c1-3-5-2-6-4(1)7(3)8(5)6/h3-6H,1-2H2. The van der Waals surface area contributed by atoms with Gasteiger partial charge in [-0.05, 0) is 36.5 Å². The quantitative estimate of drug-likeness (QED) is 0.409. The molecule has 0 N–H and O–H groups in total. The van der Waals surface area contributed by atoms with Gasteiger partial charge in [0.2, 0.25) is 0 Å². The van der Waals surface area contributed by atoms with Gasteiger partial charge >= 0.3 is 0 Å². The third-order valence-electron chi connectivity index (χ3n) is 3.92. The Balaban J connectivity index is 2.18. The third kappa shape index (κ3) is 0.101. The van der Waals surface area contributed by atoms with E-state index in [0.29, 0.717) is 0 Å². The first-order valence-corrected chi connectivity index (χ1v) is 3.70. The highest BCUT2D eigenvalue weighted by Gasteiger charge is 2.70. The molecule has 8 heavy (non-hydrogen) atoms. The van der Waals surface area contributed by atoms with Crippen LogP contribution in [0.25, 0.3) is 0 Å². The molecule has 4 aliphatic rings. The van der Waals surface area contributed by atoms with Crippen LogP contribution in [0.5, 0.6) is 0 Å². The highest BCUT2D eigenvalue weighted by Crippen LogP contribution is 2.80. The van der Waals surface area contributed by atoms with Crippen molar-refractivity contribution in [1.29, 1.82) is 0 Å². The van der Waals surface area contributed by atoms with Gasteiger partial charge in [0.05, 0.1) is 0 Å². The van der Waals surface area contributed by atoms with Crippen LogP contribution in [-0.4, -0.2) is 0 Å². The second-order valence-corrected chi connectivity index (χ2v) is 3.81. The average Bonchev–Trinajstić information content (AvgIpc) is 1.83. The molecular formula is C8H8. The van der Waals surface area contributed by atoms with Crippen LogP contribution in [0, 0.1) is 23.7 Å². The fourth-order valence-corrected chi connectivity index (χ4v) is 3.47. The smallest absolute Gasteiger partial charge is 0.0125 e. The molecule has 40 valence electrons. The molecule has 0 aromatic rings. The molecule has 0 spiro atoms. The molecule has 0 aromatic heterocycles. The van der Waals surface area contributed by atoms with Crippen LogP contribution in [0.3, 0.4) is 0 Å². The molecule has 0 heteroatoms. The van der Waals surface area contributed by atoms with E-state index < -0.39 is 0 Å². The summed E-state index contributed by atoms with van der Waals surface area (Å²) in [5.74, 6) is 4.61. The maximum Gasteiger partial charge on any atom is -0.0125 e. The molecule has 2 saturated carbocycles. The van der Waals surface area contributed by atoms with Gasteiger partial charge in [-0.25, -0.2) is 0 Å². The highest BCUT2D eigenvalue weighted by atomic mass is 14.7. The molecule has 4 rings (SSSR count). The van der Waals surface area contributed by atoms with E-state index in [-0.39, 0.29) is 0 Å². The molecule has 0 nitrogen and oxygen atoms in total. The van der Waals surface area contributed by atoms with Crippen molar-refractivity contribution in [1.82, 2.24) is 0 Å². The number of hydrogen-bond donors (Lipinski definition) is 0. The molecule has 0 radical (unpaired) electrons. The van der Waals surface area contributed by atoms with Gasteiger partial charge in [-0.1, -0.05) is 11.1 Å². The Morgan fingerprint density at radius 1 is 0.750 bits per heavy atom. The average molecular weight is 104 g/mol. The predicted molar refractivity (Wildman–Crippen MR) is 30.2 cm³/mol. The molecule has 0 heterocycles. The number of allylic oxidation sites excluding steroid dienone is 2. The van der Waals surface area contributed by atoms with Gasteiger partial charge in [0.25, 0.3) is 0 Å². The van der Waals surface area contributed by atoms with E-state index in [9.17, 15) is 0 Å². The van der Waals surface area contributed by atoms with Gasteiger partial charge in [0.1, 0.15) is 0 Å². The highest BCUT2D eigenvalue weighted by molar-refractivity contribution is 5.57. The summed E-state index contributed by atoms with van der Waals surface area (Å²) in [7, 11) is 0. The van der Waals surface area contributed by atoms with E-state index in [2.05, 4.69) is 0 Å². The van der Waals surface area contributed by atoms with Crippen molar-refractivity contribution in [3.63, 3.8) is 0 Å². The van der Waals surface area contributed by atoms with Crippen LogP contribution in [0.2, 0.25) is 0 Å². The molecule has 2 fully saturated rings. The van der Waals surface area contributed by atoms with Gasteiger partial charge in [-0.2, -0.15) is 0 Å². The van der Waals surface area contributed by atoms with Crippen LogP contribution in [0.15, 0.2) is 11.1 Å². The predicted octanol–water partition coefficient (Wildman–Crippen LogP) is 1.58. The van der Waals surface area contributed by atoms with E-state index >= 15 is 0 Å². The molecule has 4 aliphatic carbocycles. The van der Waals surface area contributed by atoms with E-state index in [0.717, 1.165) is 23.7 Å². The summed E-state index contributed by atoms with van der Waals surface area (Å²) in [6, 6.07) is 0. The first-order chi connectivity index (χ1) is 3.97. The summed E-state index contributed by atoms with van der Waals surface area (Å²) in [5.41, 5.74) is 3.87. The largest absolute Gasteiger partial charge is 0.0630 e. The van der Waals surface area contributed by atoms with Crippen molar-refractivity contribution in [2.24, 2.45) is 23.7 Å². The summed E-state index contributed by atoms with van der Waals surface area (Å²) in [5, 5.41) is 0. The van der Waals surface area contributed by atoms with E-state index in [1.807, 2.05) is 11.1 Å². The van der Waals surface area contributed by atoms with Crippen molar-refractivity contribution in [3.05, 3.63) is 11.1 Å². The number of fused-ring (bicyclic) bond motifs is 2. The minimum absolute atomic E-state index is 1.15. The van der Waals surface area contributed by atoms with Gasteiger partial charge in [0.15, 0.2) is 0 Å². The third-order valence-corrected chi connectivity index (χ3v) is 3.92. The van der Waals surface area contributed by atoms with Gasteiger partial charge in [-0.3, -0.25) is 0 Å². The maximum atomic E-state index is 1.94. The molecule has 0 aromatic carbocycles. The zero-order valence-electron chi connectivity index (χ0n) is 4.72. The van der Waals surface area contributed by atoms with E-state index in [4.69, 9.17) is 0 Å². The lowest BCUT2D eigenvalue weighted by molar-refractivity contribution is -0.0487. The lowest BCUT2D eigenvalue weighted by atomic mass is 9.29. The molecule has 0 aliphatic heterocycles. The Hall–Kier alpha value is -0.260. The molecule has 0 saturated heterocycles. The van der Waals surface area contributed by atoms with Crippen molar-refractivity contribution < 1.29 is 0 Å². The minimum atomic E-state index is 1.15. The van der Waals surface area contributed by atoms with E-state index in [1.54, 1.807) is 12.8 Å². The van der Waals surface area contributed by atoms with Crippen LogP contribution in [-0.2, 0) is 0 Å². The first kappa shape index (κ1) is 3.05.